The molecule has 0 fully saturated rings. The first-order chi connectivity index (χ1) is 9.77. The smallest absolute Gasteiger partial charge is 0.146 e. The highest BCUT2D eigenvalue weighted by atomic mass is 19.1. The molecule has 0 saturated heterocycles. The van der Waals surface area contributed by atoms with Gasteiger partial charge in [-0.3, -0.25) is 9.97 Å². The number of pyridine rings is 2. The van der Waals surface area contributed by atoms with Crippen molar-refractivity contribution in [1.29, 1.82) is 0 Å². The number of aromatic nitrogens is 2. The van der Waals surface area contributed by atoms with E-state index in [9.17, 15) is 4.39 Å². The van der Waals surface area contributed by atoms with Crippen LogP contribution in [0.5, 0.6) is 5.75 Å². The van der Waals surface area contributed by atoms with Crippen LogP contribution < -0.4 is 10.1 Å². The van der Waals surface area contributed by atoms with Gasteiger partial charge in [0.05, 0.1) is 19.3 Å². The van der Waals surface area contributed by atoms with Crippen LogP contribution in [0.2, 0.25) is 0 Å². The number of nitrogens with zero attached hydrogens (tertiary/aromatic N) is 2. The molecule has 1 atom stereocenters. The highest BCUT2D eigenvalue weighted by Gasteiger charge is 2.21. The average Bonchev–Trinajstić information content (AvgIpc) is 2.49. The van der Waals surface area contributed by atoms with Gasteiger partial charge in [0.15, 0.2) is 0 Å². The van der Waals surface area contributed by atoms with E-state index in [-0.39, 0.29) is 11.9 Å². The minimum absolute atomic E-state index is 0.353. The fourth-order valence-electron chi connectivity index (χ4n) is 2.05. The largest absolute Gasteiger partial charge is 0.495 e. The monoisotopic (exact) mass is 275 g/mol. The molecule has 2 aromatic rings. The lowest BCUT2D eigenvalue weighted by atomic mass is 10.0. The van der Waals surface area contributed by atoms with Gasteiger partial charge >= 0.3 is 0 Å². The Labute approximate surface area is 118 Å². The standard InChI is InChI=1S/C15H18FN3O/c1-3-7-18-14(11-6-9-17-10-12(11)16)15-13(20-2)5-4-8-19-15/h4-6,8-10,14,18H,3,7H2,1-2H3. The van der Waals surface area contributed by atoms with Crippen LogP contribution in [-0.4, -0.2) is 23.6 Å². The molecule has 20 heavy (non-hydrogen) atoms. The lowest BCUT2D eigenvalue weighted by Crippen LogP contribution is -2.25. The van der Waals surface area contributed by atoms with E-state index in [1.54, 1.807) is 31.6 Å². The number of hydrogen-bond donors (Lipinski definition) is 1. The molecule has 5 heteroatoms. The maximum Gasteiger partial charge on any atom is 0.146 e. The third-order valence-corrected chi connectivity index (χ3v) is 3.01. The zero-order valence-electron chi connectivity index (χ0n) is 11.6. The molecule has 0 radical (unpaired) electrons. The summed E-state index contributed by atoms with van der Waals surface area (Å²) in [6, 6.07) is 4.93. The summed E-state index contributed by atoms with van der Waals surface area (Å²) < 4.78 is 19.3. The van der Waals surface area contributed by atoms with Gasteiger partial charge in [0.2, 0.25) is 0 Å². The summed E-state index contributed by atoms with van der Waals surface area (Å²) in [5.41, 5.74) is 1.19. The van der Waals surface area contributed by atoms with Gasteiger partial charge in [-0.2, -0.15) is 0 Å². The number of rotatable bonds is 6. The van der Waals surface area contributed by atoms with Gasteiger partial charge < -0.3 is 10.1 Å². The molecule has 4 nitrogen and oxygen atoms in total. The zero-order valence-corrected chi connectivity index (χ0v) is 11.6. The third kappa shape index (κ3) is 3.11. The summed E-state index contributed by atoms with van der Waals surface area (Å²) >= 11 is 0. The first-order valence-corrected chi connectivity index (χ1v) is 6.59. The molecule has 2 heterocycles. The summed E-state index contributed by atoms with van der Waals surface area (Å²) in [4.78, 5) is 8.14. The van der Waals surface area contributed by atoms with Gasteiger partial charge in [0, 0.05) is 18.0 Å². The fourth-order valence-corrected chi connectivity index (χ4v) is 2.05. The number of ether oxygens (including phenoxy) is 1. The Balaban J connectivity index is 2.44. The Bertz CT molecular complexity index is 562. The van der Waals surface area contributed by atoms with Crippen molar-refractivity contribution in [2.24, 2.45) is 0 Å². The Morgan fingerprint density at radius 2 is 2.20 bits per heavy atom. The van der Waals surface area contributed by atoms with Gasteiger partial charge in [0.1, 0.15) is 17.3 Å². The Morgan fingerprint density at radius 3 is 2.90 bits per heavy atom. The van der Waals surface area contributed by atoms with Crippen molar-refractivity contribution in [1.82, 2.24) is 15.3 Å². The minimum Gasteiger partial charge on any atom is -0.495 e. The Hall–Kier alpha value is -2.01. The summed E-state index contributed by atoms with van der Waals surface area (Å²) in [5, 5.41) is 3.31. The lowest BCUT2D eigenvalue weighted by molar-refractivity contribution is 0.398. The van der Waals surface area contributed by atoms with E-state index < -0.39 is 0 Å². The summed E-state index contributed by atoms with van der Waals surface area (Å²) in [5.74, 6) is 0.283. The second-order valence-corrected chi connectivity index (χ2v) is 4.38. The molecule has 0 aliphatic heterocycles. The van der Waals surface area contributed by atoms with Gasteiger partial charge in [0.25, 0.3) is 0 Å². The number of nitrogens with one attached hydrogen (secondary N) is 1. The van der Waals surface area contributed by atoms with Crippen LogP contribution in [0, 0.1) is 5.82 Å². The second-order valence-electron chi connectivity index (χ2n) is 4.38. The molecular formula is C15H18FN3O. The van der Waals surface area contributed by atoms with Crippen LogP contribution in [-0.2, 0) is 0 Å². The predicted molar refractivity (Wildman–Crippen MR) is 75.1 cm³/mol. The number of halogens is 1. The molecule has 0 saturated carbocycles. The van der Waals surface area contributed by atoms with Crippen LogP contribution in [0.25, 0.3) is 0 Å². The molecule has 2 rings (SSSR count). The molecule has 2 aromatic heterocycles. The summed E-state index contributed by atoms with van der Waals surface area (Å²) in [7, 11) is 1.58. The van der Waals surface area contributed by atoms with E-state index in [2.05, 4.69) is 22.2 Å². The van der Waals surface area contributed by atoms with Crippen molar-refractivity contribution in [3.63, 3.8) is 0 Å². The minimum atomic E-state index is -0.353. The predicted octanol–water partition coefficient (Wildman–Crippen LogP) is 2.71. The van der Waals surface area contributed by atoms with Crippen LogP contribution in [0.3, 0.4) is 0 Å². The summed E-state index contributed by atoms with van der Waals surface area (Å²) in [6.07, 6.45) is 5.41. The van der Waals surface area contributed by atoms with Crippen molar-refractivity contribution in [2.75, 3.05) is 13.7 Å². The third-order valence-electron chi connectivity index (χ3n) is 3.01. The zero-order chi connectivity index (χ0) is 14.4. The van der Waals surface area contributed by atoms with E-state index in [1.807, 2.05) is 6.07 Å². The van der Waals surface area contributed by atoms with Gasteiger partial charge in [-0.05, 0) is 31.2 Å². The van der Waals surface area contributed by atoms with Crippen LogP contribution in [0.15, 0.2) is 36.8 Å². The molecule has 0 amide bonds. The molecule has 1 unspecified atom stereocenters. The van der Waals surface area contributed by atoms with E-state index in [0.29, 0.717) is 17.0 Å². The molecule has 106 valence electrons. The van der Waals surface area contributed by atoms with E-state index in [0.717, 1.165) is 13.0 Å². The van der Waals surface area contributed by atoms with Crippen LogP contribution >= 0.6 is 0 Å². The normalized spacial score (nSPS) is 12.2. The first kappa shape index (κ1) is 14.4. The second kappa shape index (κ2) is 6.96. The highest BCUT2D eigenvalue weighted by molar-refractivity contribution is 5.36. The van der Waals surface area contributed by atoms with Gasteiger partial charge in [-0.25, -0.2) is 4.39 Å². The van der Waals surface area contributed by atoms with E-state index in [4.69, 9.17) is 4.74 Å². The van der Waals surface area contributed by atoms with Crippen molar-refractivity contribution in [3.05, 3.63) is 53.9 Å². The number of hydrogen-bond acceptors (Lipinski definition) is 4. The maximum atomic E-state index is 14.0. The topological polar surface area (TPSA) is 47.0 Å². The molecule has 0 aliphatic carbocycles. The fraction of sp³-hybridized carbons (Fsp3) is 0.333. The van der Waals surface area contributed by atoms with Crippen molar-refractivity contribution in [2.45, 2.75) is 19.4 Å². The van der Waals surface area contributed by atoms with Crippen molar-refractivity contribution >= 4 is 0 Å². The van der Waals surface area contributed by atoms with Gasteiger partial charge in [-0.1, -0.05) is 6.92 Å². The molecule has 0 spiro atoms. The summed E-state index contributed by atoms with van der Waals surface area (Å²) in [6.45, 7) is 2.81. The molecular weight excluding hydrogens is 257 g/mol. The number of methoxy groups -OCH3 is 1. The molecule has 0 aliphatic rings. The maximum absolute atomic E-state index is 14.0. The van der Waals surface area contributed by atoms with E-state index in [1.165, 1.54) is 6.20 Å². The molecule has 0 bridgehead atoms. The van der Waals surface area contributed by atoms with Crippen molar-refractivity contribution < 1.29 is 9.13 Å². The Kier molecular flexibility index (Phi) is 5.01. The highest BCUT2D eigenvalue weighted by Crippen LogP contribution is 2.28. The van der Waals surface area contributed by atoms with Crippen LogP contribution in [0.1, 0.15) is 30.6 Å². The first-order valence-electron chi connectivity index (χ1n) is 6.59. The molecule has 1 N–H and O–H groups in total. The van der Waals surface area contributed by atoms with Gasteiger partial charge in [-0.15, -0.1) is 0 Å². The van der Waals surface area contributed by atoms with Crippen molar-refractivity contribution in [3.8, 4) is 5.75 Å². The van der Waals surface area contributed by atoms with Crippen LogP contribution in [0.4, 0.5) is 4.39 Å². The quantitative estimate of drug-likeness (QED) is 0.880. The average molecular weight is 275 g/mol. The Morgan fingerprint density at radius 1 is 1.35 bits per heavy atom. The SMILES string of the molecule is CCCNC(c1ccncc1F)c1ncccc1OC. The van der Waals surface area contributed by atoms with E-state index >= 15 is 0 Å². The molecule has 0 aromatic carbocycles. The lowest BCUT2D eigenvalue weighted by Gasteiger charge is -2.20.